The molecule has 82 valence electrons. The number of halogens is 1. The lowest BCUT2D eigenvalue weighted by Crippen LogP contribution is -2.04. The summed E-state index contributed by atoms with van der Waals surface area (Å²) in [4.78, 5) is 11.5. The van der Waals surface area contributed by atoms with E-state index in [1.54, 1.807) is 6.07 Å². The van der Waals surface area contributed by atoms with E-state index in [4.69, 9.17) is 9.47 Å². The van der Waals surface area contributed by atoms with Crippen molar-refractivity contribution in [3.05, 3.63) is 45.4 Å². The van der Waals surface area contributed by atoms with Gasteiger partial charge >= 0.3 is 5.97 Å². The minimum absolute atomic E-state index is 0.0130. The van der Waals surface area contributed by atoms with Gasteiger partial charge in [-0.25, -0.2) is 4.79 Å². The summed E-state index contributed by atoms with van der Waals surface area (Å²) in [5, 5.41) is 0. The van der Waals surface area contributed by atoms with Crippen molar-refractivity contribution in [2.75, 3.05) is 7.11 Å². The number of rotatable bonds is 1. The maximum Gasteiger partial charge on any atom is 0.337 e. The van der Waals surface area contributed by atoms with Gasteiger partial charge in [0, 0.05) is 10.0 Å². The molecule has 4 heteroatoms. The van der Waals surface area contributed by atoms with E-state index in [0.29, 0.717) is 5.56 Å². The van der Waals surface area contributed by atoms with Gasteiger partial charge in [-0.05, 0) is 17.7 Å². The van der Waals surface area contributed by atoms with Crippen LogP contribution in [0.4, 0.5) is 0 Å². The summed E-state index contributed by atoms with van der Waals surface area (Å²) in [7, 11) is 1.38. The zero-order valence-electron chi connectivity index (χ0n) is 8.57. The Bertz CT molecular complexity index is 507. The standard InChI is InChI=1S/C12H9BrO3/c1-15-12(14)6-4-7-9-2-3-10(16-9)11(7)8(13)5-6/h2-5,9-10H,1H3. The van der Waals surface area contributed by atoms with Gasteiger partial charge < -0.3 is 9.47 Å². The number of hydrogen-bond acceptors (Lipinski definition) is 3. The van der Waals surface area contributed by atoms with Gasteiger partial charge in [0.25, 0.3) is 0 Å². The van der Waals surface area contributed by atoms with Crippen LogP contribution in [0.1, 0.15) is 33.7 Å². The first-order valence-electron chi connectivity index (χ1n) is 4.96. The highest BCUT2D eigenvalue weighted by atomic mass is 79.9. The fourth-order valence-electron chi connectivity index (χ4n) is 2.20. The van der Waals surface area contributed by atoms with Crippen molar-refractivity contribution < 1.29 is 14.3 Å². The van der Waals surface area contributed by atoms with Gasteiger partial charge in [-0.15, -0.1) is 0 Å². The maximum absolute atomic E-state index is 11.5. The molecule has 16 heavy (non-hydrogen) atoms. The zero-order valence-corrected chi connectivity index (χ0v) is 10.2. The van der Waals surface area contributed by atoms with E-state index in [1.807, 2.05) is 18.2 Å². The predicted molar refractivity (Wildman–Crippen MR) is 61.2 cm³/mol. The minimum atomic E-state index is -0.324. The third-order valence-corrected chi connectivity index (χ3v) is 3.58. The number of hydrogen-bond donors (Lipinski definition) is 0. The van der Waals surface area contributed by atoms with Crippen LogP contribution in [-0.4, -0.2) is 13.1 Å². The van der Waals surface area contributed by atoms with Gasteiger partial charge in [-0.2, -0.15) is 0 Å². The molecule has 0 fully saturated rings. The lowest BCUT2D eigenvalue weighted by atomic mass is 9.95. The van der Waals surface area contributed by atoms with Gasteiger partial charge in [0.1, 0.15) is 12.2 Å². The van der Waals surface area contributed by atoms with Gasteiger partial charge in [0.15, 0.2) is 0 Å². The van der Waals surface area contributed by atoms with E-state index in [9.17, 15) is 4.79 Å². The Kier molecular flexibility index (Phi) is 2.16. The van der Waals surface area contributed by atoms with E-state index < -0.39 is 0 Å². The topological polar surface area (TPSA) is 35.5 Å². The second-order valence-electron chi connectivity index (χ2n) is 3.81. The van der Waals surface area contributed by atoms with Crippen LogP contribution in [0.25, 0.3) is 0 Å². The molecule has 0 N–H and O–H groups in total. The summed E-state index contributed by atoms with van der Waals surface area (Å²) in [6, 6.07) is 3.63. The molecule has 0 radical (unpaired) electrons. The molecule has 2 heterocycles. The second kappa shape index (κ2) is 3.43. The van der Waals surface area contributed by atoms with Crippen LogP contribution < -0.4 is 0 Å². The van der Waals surface area contributed by atoms with Crippen molar-refractivity contribution in [3.8, 4) is 0 Å². The first-order chi connectivity index (χ1) is 7.70. The molecule has 1 aromatic rings. The number of ether oxygens (including phenoxy) is 2. The highest BCUT2D eigenvalue weighted by molar-refractivity contribution is 9.10. The number of benzene rings is 1. The number of methoxy groups -OCH3 is 1. The quantitative estimate of drug-likeness (QED) is 0.586. The van der Waals surface area contributed by atoms with Gasteiger partial charge in [-0.3, -0.25) is 0 Å². The molecular formula is C12H9BrO3. The third kappa shape index (κ3) is 1.26. The van der Waals surface area contributed by atoms with Gasteiger partial charge in [-0.1, -0.05) is 28.1 Å². The molecule has 2 unspecified atom stereocenters. The van der Waals surface area contributed by atoms with Crippen molar-refractivity contribution in [1.29, 1.82) is 0 Å². The number of esters is 1. The van der Waals surface area contributed by atoms with E-state index in [0.717, 1.165) is 15.6 Å². The minimum Gasteiger partial charge on any atom is -0.465 e. The van der Waals surface area contributed by atoms with Crippen molar-refractivity contribution >= 4 is 21.9 Å². The van der Waals surface area contributed by atoms with Crippen molar-refractivity contribution in [3.63, 3.8) is 0 Å². The predicted octanol–water partition coefficient (Wildman–Crippen LogP) is 2.92. The van der Waals surface area contributed by atoms with Crippen LogP contribution in [0.2, 0.25) is 0 Å². The van der Waals surface area contributed by atoms with Crippen molar-refractivity contribution in [2.45, 2.75) is 12.2 Å². The van der Waals surface area contributed by atoms with E-state index in [2.05, 4.69) is 15.9 Å². The SMILES string of the molecule is COC(=O)c1cc(Br)c2c(c1)C1C=CC2O1. The Morgan fingerprint density at radius 3 is 2.88 bits per heavy atom. The summed E-state index contributed by atoms with van der Waals surface area (Å²) >= 11 is 3.48. The molecule has 3 nitrogen and oxygen atoms in total. The molecule has 0 saturated heterocycles. The van der Waals surface area contributed by atoms with Crippen LogP contribution in [0.3, 0.4) is 0 Å². The normalized spacial score (nSPS) is 24.6. The molecule has 2 aliphatic heterocycles. The van der Waals surface area contributed by atoms with E-state index in [1.165, 1.54) is 7.11 Å². The summed E-state index contributed by atoms with van der Waals surface area (Å²) in [5.74, 6) is -0.324. The molecule has 3 rings (SSSR count). The Morgan fingerprint density at radius 2 is 2.12 bits per heavy atom. The lowest BCUT2D eigenvalue weighted by molar-refractivity contribution is 0.0600. The fourth-order valence-corrected chi connectivity index (χ4v) is 2.90. The van der Waals surface area contributed by atoms with E-state index >= 15 is 0 Å². The summed E-state index contributed by atoms with van der Waals surface area (Å²) < 4.78 is 11.3. The molecule has 0 aliphatic carbocycles. The molecule has 2 aliphatic rings. The Morgan fingerprint density at radius 1 is 1.38 bits per heavy atom. The van der Waals surface area contributed by atoms with Crippen LogP contribution in [0, 0.1) is 0 Å². The zero-order chi connectivity index (χ0) is 11.3. The maximum atomic E-state index is 11.5. The van der Waals surface area contributed by atoms with Crippen LogP contribution in [0.15, 0.2) is 28.8 Å². The van der Waals surface area contributed by atoms with Crippen LogP contribution >= 0.6 is 15.9 Å². The average Bonchev–Trinajstić information content (AvgIpc) is 2.88. The largest absolute Gasteiger partial charge is 0.465 e. The van der Waals surface area contributed by atoms with Gasteiger partial charge in [0.2, 0.25) is 0 Å². The Hall–Kier alpha value is -1.13. The van der Waals surface area contributed by atoms with Gasteiger partial charge in [0.05, 0.1) is 12.7 Å². The van der Waals surface area contributed by atoms with Crippen molar-refractivity contribution in [2.24, 2.45) is 0 Å². The molecule has 0 saturated carbocycles. The first kappa shape index (κ1) is 10.1. The molecule has 2 atom stereocenters. The number of fused-ring (bicyclic) bond motifs is 5. The molecular weight excluding hydrogens is 272 g/mol. The Balaban J connectivity index is 2.14. The molecule has 1 aromatic carbocycles. The highest BCUT2D eigenvalue weighted by Gasteiger charge is 2.36. The molecule has 0 aromatic heterocycles. The monoisotopic (exact) mass is 280 g/mol. The third-order valence-electron chi connectivity index (χ3n) is 2.93. The summed E-state index contributed by atoms with van der Waals surface area (Å²) in [6.45, 7) is 0. The molecule has 2 bridgehead atoms. The van der Waals surface area contributed by atoms with Crippen LogP contribution in [0.5, 0.6) is 0 Å². The smallest absolute Gasteiger partial charge is 0.337 e. The summed E-state index contributed by atoms with van der Waals surface area (Å²) in [6.07, 6.45) is 4.07. The molecule has 0 spiro atoms. The van der Waals surface area contributed by atoms with Crippen molar-refractivity contribution in [1.82, 2.24) is 0 Å². The summed E-state index contributed by atoms with van der Waals surface area (Å²) in [5.41, 5.74) is 2.74. The number of carbonyl (C=O) groups excluding carboxylic acids is 1. The molecule has 0 amide bonds. The first-order valence-corrected chi connectivity index (χ1v) is 5.75. The lowest BCUT2D eigenvalue weighted by Gasteiger charge is -2.11. The second-order valence-corrected chi connectivity index (χ2v) is 4.67. The fraction of sp³-hybridized carbons (Fsp3) is 0.250. The van der Waals surface area contributed by atoms with E-state index in [-0.39, 0.29) is 18.2 Å². The average molecular weight is 281 g/mol. The highest BCUT2D eigenvalue weighted by Crippen LogP contribution is 2.48. The van der Waals surface area contributed by atoms with Crippen LogP contribution in [-0.2, 0) is 9.47 Å². The number of carbonyl (C=O) groups is 1. The Labute approximate surface area is 101 Å².